The molecule has 2 fully saturated rings. The van der Waals surface area contributed by atoms with E-state index in [0.717, 1.165) is 22.6 Å². The van der Waals surface area contributed by atoms with Crippen LogP contribution in [0.5, 0.6) is 0 Å². The molecule has 0 amide bonds. The van der Waals surface area contributed by atoms with Gasteiger partial charge in [0.25, 0.3) is 0 Å². The highest BCUT2D eigenvalue weighted by Gasteiger charge is 2.29. The summed E-state index contributed by atoms with van der Waals surface area (Å²) in [7, 11) is 0.600. The molecule has 2 atom stereocenters. The van der Waals surface area contributed by atoms with Crippen molar-refractivity contribution in [3.8, 4) is 0 Å². The maximum atomic E-state index is 2.53. The molecule has 2 rings (SSSR count). The van der Waals surface area contributed by atoms with Crippen molar-refractivity contribution in [2.45, 2.75) is 115 Å². The van der Waals surface area contributed by atoms with Crippen LogP contribution in [0.3, 0.4) is 0 Å². The lowest BCUT2D eigenvalue weighted by Crippen LogP contribution is -2.21. The van der Waals surface area contributed by atoms with Gasteiger partial charge in [-0.25, -0.2) is 0 Å². The topological polar surface area (TPSA) is 0 Å². The molecule has 0 saturated heterocycles. The van der Waals surface area contributed by atoms with E-state index in [1.807, 2.05) is 0 Å². The van der Waals surface area contributed by atoms with Crippen LogP contribution in [0.15, 0.2) is 0 Å². The summed E-state index contributed by atoms with van der Waals surface area (Å²) < 4.78 is 0. The summed E-state index contributed by atoms with van der Waals surface area (Å²) in [5, 5.41) is 0. The van der Waals surface area contributed by atoms with Gasteiger partial charge in [-0.15, -0.1) is 15.8 Å². The third kappa shape index (κ3) is 5.74. The number of rotatable bonds is 7. The van der Waals surface area contributed by atoms with Gasteiger partial charge in [-0.1, -0.05) is 66.2 Å². The number of hydrogen-bond acceptors (Lipinski definition) is 0. The van der Waals surface area contributed by atoms with E-state index in [9.17, 15) is 0 Å². The third-order valence-corrected chi connectivity index (χ3v) is 13.4. The first kappa shape index (κ1) is 19.2. The van der Waals surface area contributed by atoms with Crippen molar-refractivity contribution in [1.82, 2.24) is 0 Å². The fourth-order valence-electron chi connectivity index (χ4n) is 4.78. The van der Waals surface area contributed by atoms with E-state index in [2.05, 4.69) is 27.7 Å². The zero-order valence-electron chi connectivity index (χ0n) is 15.7. The molecule has 0 aromatic rings. The van der Waals surface area contributed by atoms with Gasteiger partial charge in [0, 0.05) is 0 Å². The summed E-state index contributed by atoms with van der Waals surface area (Å²) in [5.41, 5.74) is 4.18. The molecular weight excluding hydrogens is 302 g/mol. The fraction of sp³-hybridized carbons (Fsp3) is 1.00. The summed E-state index contributed by atoms with van der Waals surface area (Å²) in [6, 6.07) is 0. The van der Waals surface area contributed by atoms with Crippen LogP contribution < -0.4 is 0 Å². The average molecular weight is 342 g/mol. The molecule has 0 spiro atoms. The van der Waals surface area contributed by atoms with E-state index in [1.165, 1.54) is 38.5 Å². The summed E-state index contributed by atoms with van der Waals surface area (Å²) in [5.74, 6) is 0. The highest BCUT2D eigenvalue weighted by molar-refractivity contribution is 7.63. The van der Waals surface area contributed by atoms with Gasteiger partial charge in [0.15, 0.2) is 0 Å². The lowest BCUT2D eigenvalue weighted by Gasteiger charge is -2.38. The molecule has 0 bridgehead atoms. The largest absolute Gasteiger partial charge is 0.101 e. The van der Waals surface area contributed by atoms with Crippen LogP contribution in [-0.2, 0) is 0 Å². The highest BCUT2D eigenvalue weighted by atomic mass is 31.1. The van der Waals surface area contributed by atoms with Gasteiger partial charge in [-0.2, -0.15) is 0 Å². The molecule has 0 nitrogen and oxygen atoms in total. The summed E-state index contributed by atoms with van der Waals surface area (Å²) in [6.07, 6.45) is 18.6. The normalized spacial score (nSPS) is 24.8. The Balaban J connectivity index is 1.90. The van der Waals surface area contributed by atoms with Gasteiger partial charge >= 0.3 is 0 Å². The van der Waals surface area contributed by atoms with Crippen LogP contribution in [0.1, 0.15) is 91.9 Å². The van der Waals surface area contributed by atoms with E-state index < -0.39 is 0 Å². The Morgan fingerprint density at radius 1 is 0.591 bits per heavy atom. The molecule has 2 unspecified atom stereocenters. The van der Waals surface area contributed by atoms with E-state index in [-0.39, 0.29) is 0 Å². The van der Waals surface area contributed by atoms with Crippen molar-refractivity contribution in [2.75, 3.05) is 12.3 Å². The van der Waals surface area contributed by atoms with Crippen molar-refractivity contribution in [3.63, 3.8) is 0 Å². The monoisotopic (exact) mass is 342 g/mol. The molecule has 2 aliphatic rings. The van der Waals surface area contributed by atoms with Crippen LogP contribution in [0.4, 0.5) is 0 Å². The lowest BCUT2D eigenvalue weighted by molar-refractivity contribution is 0.507. The molecule has 2 aliphatic carbocycles. The Hall–Kier alpha value is 0.860. The molecule has 0 radical (unpaired) electrons. The molecule has 2 saturated carbocycles. The molecule has 0 aliphatic heterocycles. The van der Waals surface area contributed by atoms with Crippen LogP contribution >= 0.6 is 15.8 Å². The van der Waals surface area contributed by atoms with Gasteiger partial charge < -0.3 is 0 Å². The predicted octanol–water partition coefficient (Wildman–Crippen LogP) is 7.43. The smallest absolute Gasteiger partial charge is 0.0207 e. The third-order valence-electron chi connectivity index (χ3n) is 6.03. The van der Waals surface area contributed by atoms with Gasteiger partial charge in [-0.3, -0.25) is 0 Å². The molecule has 22 heavy (non-hydrogen) atoms. The summed E-state index contributed by atoms with van der Waals surface area (Å²) >= 11 is 0. The maximum absolute atomic E-state index is 2.53. The van der Waals surface area contributed by atoms with Gasteiger partial charge in [0.05, 0.1) is 0 Å². The maximum Gasteiger partial charge on any atom is -0.0207 e. The molecule has 0 heterocycles. The molecule has 0 aromatic heterocycles. The molecule has 0 aromatic carbocycles. The quantitative estimate of drug-likeness (QED) is 0.422. The summed E-state index contributed by atoms with van der Waals surface area (Å²) in [6.45, 7) is 10.1. The lowest BCUT2D eigenvalue weighted by atomic mass is 10.0. The van der Waals surface area contributed by atoms with Gasteiger partial charge in [0.2, 0.25) is 0 Å². The van der Waals surface area contributed by atoms with Crippen LogP contribution in [0.2, 0.25) is 0 Å². The van der Waals surface area contributed by atoms with Crippen molar-refractivity contribution in [2.24, 2.45) is 0 Å². The zero-order chi connectivity index (χ0) is 15.9. The van der Waals surface area contributed by atoms with Crippen LogP contribution in [0.25, 0.3) is 0 Å². The van der Waals surface area contributed by atoms with Crippen molar-refractivity contribution < 1.29 is 0 Å². The average Bonchev–Trinajstić information content (AvgIpc) is 2.52. The second-order valence-corrected chi connectivity index (χ2v) is 14.7. The molecular formula is C20H40P2. The second kappa shape index (κ2) is 9.99. The van der Waals surface area contributed by atoms with Crippen LogP contribution in [0, 0.1) is 0 Å². The second-order valence-electron chi connectivity index (χ2n) is 8.25. The Morgan fingerprint density at radius 3 is 1.18 bits per heavy atom. The van der Waals surface area contributed by atoms with Gasteiger partial charge in [0.1, 0.15) is 0 Å². The first-order chi connectivity index (χ1) is 10.6. The predicted molar refractivity (Wildman–Crippen MR) is 108 cm³/mol. The molecule has 0 N–H and O–H groups in total. The Kier molecular flexibility index (Phi) is 8.71. The van der Waals surface area contributed by atoms with Crippen molar-refractivity contribution >= 4 is 15.8 Å². The van der Waals surface area contributed by atoms with E-state index in [0.29, 0.717) is 15.8 Å². The highest BCUT2D eigenvalue weighted by Crippen LogP contribution is 2.57. The van der Waals surface area contributed by atoms with Crippen molar-refractivity contribution in [3.05, 3.63) is 0 Å². The Labute approximate surface area is 143 Å². The molecule has 2 heteroatoms. The Bertz CT molecular complexity index is 258. The van der Waals surface area contributed by atoms with Crippen LogP contribution in [-0.4, -0.2) is 35.0 Å². The minimum Gasteiger partial charge on any atom is -0.101 e. The van der Waals surface area contributed by atoms with E-state index in [4.69, 9.17) is 0 Å². The van der Waals surface area contributed by atoms with Crippen molar-refractivity contribution in [1.29, 1.82) is 0 Å². The standard InChI is InChI=1S/C20H40P2/c1-17(2)21(19-11-7-5-8-12-19)15-16-22(18(3)4)20-13-9-6-10-14-20/h17-20H,5-16H2,1-4H3. The first-order valence-electron chi connectivity index (χ1n) is 10.1. The fourth-order valence-corrected chi connectivity index (χ4v) is 12.1. The minimum atomic E-state index is 0.300. The Morgan fingerprint density at radius 2 is 0.909 bits per heavy atom. The first-order valence-corrected chi connectivity index (χ1v) is 13.4. The summed E-state index contributed by atoms with van der Waals surface area (Å²) in [4.78, 5) is 0. The molecule has 130 valence electrons. The van der Waals surface area contributed by atoms with E-state index in [1.54, 1.807) is 38.0 Å². The SMILES string of the molecule is CC(C)P(CCP(C(C)C)C1CCCCC1)C1CCCCC1. The van der Waals surface area contributed by atoms with Gasteiger partial charge in [-0.05, 0) is 60.6 Å². The number of hydrogen-bond donors (Lipinski definition) is 0. The minimum absolute atomic E-state index is 0.300. The zero-order valence-corrected chi connectivity index (χ0v) is 17.5. The van der Waals surface area contributed by atoms with E-state index >= 15 is 0 Å².